The lowest BCUT2D eigenvalue weighted by Crippen LogP contribution is -2.40. The fraction of sp³-hybridized carbons (Fsp3) is 0.923. The number of aliphatic carboxylic acids is 1. The van der Waals surface area contributed by atoms with Crippen LogP contribution in [0.2, 0.25) is 0 Å². The number of fused-ring (bicyclic) bond motifs is 2. The van der Waals surface area contributed by atoms with Gasteiger partial charge in [-0.15, -0.1) is 0 Å². The van der Waals surface area contributed by atoms with Crippen molar-refractivity contribution in [1.82, 2.24) is 4.90 Å². The summed E-state index contributed by atoms with van der Waals surface area (Å²) in [4.78, 5) is 13.7. The molecule has 2 aliphatic heterocycles. The second kappa shape index (κ2) is 4.74. The third-order valence-electron chi connectivity index (χ3n) is 4.42. The molecule has 3 heteroatoms. The van der Waals surface area contributed by atoms with Crippen LogP contribution in [0.5, 0.6) is 0 Å². The Hall–Kier alpha value is -0.570. The average molecular weight is 225 g/mol. The minimum Gasteiger partial charge on any atom is -0.481 e. The Balaban J connectivity index is 2.08. The molecule has 2 rings (SSSR count). The molecule has 0 aromatic carbocycles. The predicted octanol–water partition coefficient (Wildman–Crippen LogP) is 2.50. The van der Waals surface area contributed by atoms with Gasteiger partial charge in [-0.05, 0) is 32.1 Å². The second-order valence-electron chi connectivity index (χ2n) is 5.28. The first-order valence-corrected chi connectivity index (χ1v) is 6.69. The highest BCUT2D eigenvalue weighted by molar-refractivity contribution is 5.71. The van der Waals surface area contributed by atoms with E-state index in [2.05, 4.69) is 18.7 Å². The quantitative estimate of drug-likeness (QED) is 0.781. The van der Waals surface area contributed by atoms with Gasteiger partial charge in [0, 0.05) is 18.1 Å². The number of carboxylic acid groups (broad SMARTS) is 1. The summed E-state index contributed by atoms with van der Waals surface area (Å²) in [5, 5.41) is 9.21. The Morgan fingerprint density at radius 1 is 1.44 bits per heavy atom. The zero-order valence-electron chi connectivity index (χ0n) is 10.4. The molecule has 2 aliphatic rings. The van der Waals surface area contributed by atoms with Crippen molar-refractivity contribution in [3.8, 4) is 0 Å². The van der Waals surface area contributed by atoms with E-state index in [9.17, 15) is 9.90 Å². The van der Waals surface area contributed by atoms with Gasteiger partial charge in [0.2, 0.25) is 0 Å². The fourth-order valence-electron chi connectivity index (χ4n) is 3.76. The maximum Gasteiger partial charge on any atom is 0.308 e. The summed E-state index contributed by atoms with van der Waals surface area (Å²) >= 11 is 0. The molecule has 2 fully saturated rings. The predicted molar refractivity (Wildman–Crippen MR) is 63.4 cm³/mol. The molecule has 2 heterocycles. The number of rotatable bonds is 5. The number of hydrogen-bond donors (Lipinski definition) is 1. The van der Waals surface area contributed by atoms with Crippen LogP contribution in [0.1, 0.15) is 52.4 Å². The Labute approximate surface area is 97.8 Å². The first kappa shape index (κ1) is 11.9. The first-order chi connectivity index (χ1) is 7.69. The topological polar surface area (TPSA) is 40.5 Å². The minimum atomic E-state index is -0.580. The maximum atomic E-state index is 11.2. The molecular weight excluding hydrogens is 202 g/mol. The summed E-state index contributed by atoms with van der Waals surface area (Å²) in [6.07, 6.45) is 6.78. The molecule has 0 aliphatic carbocycles. The van der Waals surface area contributed by atoms with Crippen LogP contribution >= 0.6 is 0 Å². The van der Waals surface area contributed by atoms with Crippen molar-refractivity contribution in [2.75, 3.05) is 0 Å². The fourth-order valence-corrected chi connectivity index (χ4v) is 3.76. The first-order valence-electron chi connectivity index (χ1n) is 6.69. The lowest BCUT2D eigenvalue weighted by atomic mass is 9.89. The molecule has 0 saturated carbocycles. The molecule has 3 nitrogen and oxygen atoms in total. The van der Waals surface area contributed by atoms with E-state index in [0.29, 0.717) is 18.1 Å². The highest BCUT2D eigenvalue weighted by Crippen LogP contribution is 2.44. The van der Waals surface area contributed by atoms with E-state index in [1.807, 2.05) is 0 Å². The van der Waals surface area contributed by atoms with Gasteiger partial charge in [-0.2, -0.15) is 0 Å². The lowest BCUT2D eigenvalue weighted by molar-refractivity contribution is -0.142. The summed E-state index contributed by atoms with van der Waals surface area (Å²) < 4.78 is 0. The van der Waals surface area contributed by atoms with Crippen molar-refractivity contribution in [3.05, 3.63) is 0 Å². The Kier molecular flexibility index (Phi) is 3.53. The van der Waals surface area contributed by atoms with Crippen LogP contribution in [0.15, 0.2) is 0 Å². The molecule has 92 valence electrons. The van der Waals surface area contributed by atoms with Gasteiger partial charge in [0.25, 0.3) is 0 Å². The molecule has 0 aromatic heterocycles. The van der Waals surface area contributed by atoms with Crippen molar-refractivity contribution in [2.24, 2.45) is 5.92 Å². The standard InChI is InChI=1S/C13H23NO2/c1-3-5-9(4-2)14-10-6-7-12(14)11(8-10)13(15)16/h9-12H,3-8H2,1-2H3,(H,15,16). The lowest BCUT2D eigenvalue weighted by Gasteiger charge is -2.31. The summed E-state index contributed by atoms with van der Waals surface area (Å²) in [6, 6.07) is 1.51. The molecular formula is C13H23NO2. The molecule has 16 heavy (non-hydrogen) atoms. The van der Waals surface area contributed by atoms with Crippen molar-refractivity contribution >= 4 is 5.97 Å². The van der Waals surface area contributed by atoms with E-state index in [4.69, 9.17) is 0 Å². The number of carboxylic acids is 1. The van der Waals surface area contributed by atoms with Crippen molar-refractivity contribution in [1.29, 1.82) is 0 Å². The molecule has 0 spiro atoms. The average Bonchev–Trinajstić information content (AvgIpc) is 2.83. The summed E-state index contributed by atoms with van der Waals surface area (Å²) in [5.74, 6) is -0.673. The van der Waals surface area contributed by atoms with Gasteiger partial charge in [0.15, 0.2) is 0 Å². The maximum absolute atomic E-state index is 11.2. The Morgan fingerprint density at radius 3 is 2.69 bits per heavy atom. The van der Waals surface area contributed by atoms with Gasteiger partial charge in [-0.25, -0.2) is 0 Å². The number of nitrogens with zero attached hydrogens (tertiary/aromatic N) is 1. The zero-order chi connectivity index (χ0) is 11.7. The summed E-state index contributed by atoms with van der Waals surface area (Å²) in [7, 11) is 0. The molecule has 4 atom stereocenters. The van der Waals surface area contributed by atoms with Crippen LogP contribution < -0.4 is 0 Å². The SMILES string of the molecule is CCCC(CC)N1C2CCC1C(C(=O)O)C2. The highest BCUT2D eigenvalue weighted by atomic mass is 16.4. The van der Waals surface area contributed by atoms with Crippen LogP contribution in [-0.2, 0) is 4.79 Å². The normalized spacial score (nSPS) is 35.5. The van der Waals surface area contributed by atoms with Crippen molar-refractivity contribution in [2.45, 2.75) is 70.5 Å². The van der Waals surface area contributed by atoms with E-state index in [1.54, 1.807) is 0 Å². The van der Waals surface area contributed by atoms with Crippen LogP contribution in [-0.4, -0.2) is 34.1 Å². The third kappa shape index (κ3) is 1.86. The van der Waals surface area contributed by atoms with Gasteiger partial charge < -0.3 is 5.11 Å². The molecule has 0 aromatic rings. The largest absolute Gasteiger partial charge is 0.481 e. The molecule has 1 N–H and O–H groups in total. The molecule has 0 radical (unpaired) electrons. The second-order valence-corrected chi connectivity index (χ2v) is 5.28. The van der Waals surface area contributed by atoms with Crippen molar-refractivity contribution in [3.63, 3.8) is 0 Å². The van der Waals surface area contributed by atoms with Crippen LogP contribution in [0.4, 0.5) is 0 Å². The van der Waals surface area contributed by atoms with E-state index in [0.717, 1.165) is 19.3 Å². The molecule has 4 unspecified atom stereocenters. The monoisotopic (exact) mass is 225 g/mol. The highest BCUT2D eigenvalue weighted by Gasteiger charge is 2.50. The number of carbonyl (C=O) groups is 1. The van der Waals surface area contributed by atoms with Gasteiger partial charge in [-0.1, -0.05) is 20.3 Å². The van der Waals surface area contributed by atoms with E-state index in [-0.39, 0.29) is 5.92 Å². The number of hydrogen-bond acceptors (Lipinski definition) is 2. The van der Waals surface area contributed by atoms with Gasteiger partial charge in [-0.3, -0.25) is 9.69 Å². The van der Waals surface area contributed by atoms with Crippen molar-refractivity contribution < 1.29 is 9.90 Å². The third-order valence-corrected chi connectivity index (χ3v) is 4.42. The zero-order valence-corrected chi connectivity index (χ0v) is 10.4. The Bertz CT molecular complexity index is 267. The minimum absolute atomic E-state index is 0.0929. The summed E-state index contributed by atoms with van der Waals surface area (Å²) in [5.41, 5.74) is 0. The van der Waals surface area contributed by atoms with Gasteiger partial charge in [0.1, 0.15) is 0 Å². The molecule has 0 amide bonds. The Morgan fingerprint density at radius 2 is 2.19 bits per heavy atom. The van der Waals surface area contributed by atoms with E-state index >= 15 is 0 Å². The molecule has 2 bridgehead atoms. The van der Waals surface area contributed by atoms with E-state index in [1.165, 1.54) is 19.3 Å². The van der Waals surface area contributed by atoms with E-state index < -0.39 is 5.97 Å². The smallest absolute Gasteiger partial charge is 0.308 e. The summed E-state index contributed by atoms with van der Waals surface area (Å²) in [6.45, 7) is 4.45. The van der Waals surface area contributed by atoms with Gasteiger partial charge in [0.05, 0.1) is 5.92 Å². The van der Waals surface area contributed by atoms with Gasteiger partial charge >= 0.3 is 5.97 Å². The van der Waals surface area contributed by atoms with Crippen LogP contribution in [0.3, 0.4) is 0 Å². The molecule has 2 saturated heterocycles. The van der Waals surface area contributed by atoms with Crippen LogP contribution in [0.25, 0.3) is 0 Å². The van der Waals surface area contributed by atoms with Crippen LogP contribution in [0, 0.1) is 5.92 Å².